The Morgan fingerprint density at radius 1 is 0.854 bits per heavy atom. The fourth-order valence-electron chi connectivity index (χ4n) is 4.33. The van der Waals surface area contributed by atoms with Crippen LogP contribution in [-0.4, -0.2) is 106 Å². The second kappa shape index (κ2) is 16.0. The van der Waals surface area contributed by atoms with E-state index in [1.807, 2.05) is 0 Å². The number of Topliss-reactive ketones (excluding diaryl/α,β-unsaturated/α-hetero) is 1. The van der Waals surface area contributed by atoms with Crippen molar-refractivity contribution in [2.45, 2.75) is 71.4 Å². The molecule has 0 aliphatic carbocycles. The first-order valence-corrected chi connectivity index (χ1v) is 15.1. The molecule has 4 rings (SSSR count). The SMILES string of the molecule is CC(C)(C)OC(=O)N1CCOC(C(=O)Cc2cc(F)cnc2N)C1.CC(C)(C)OC(=O)N1CCOC(C(=O)Nc2ncc(F)cc2N)C1. The van der Waals surface area contributed by atoms with E-state index in [-0.39, 0.29) is 55.8 Å². The molecule has 15 nitrogen and oxygen atoms in total. The van der Waals surface area contributed by atoms with Gasteiger partial charge in [0.2, 0.25) is 0 Å². The number of carbonyl (C=O) groups excluding carboxylic acids is 4. The lowest BCUT2D eigenvalue weighted by atomic mass is 10.0. The number of rotatable bonds is 5. The van der Waals surface area contributed by atoms with Crippen molar-refractivity contribution in [2.75, 3.05) is 56.2 Å². The van der Waals surface area contributed by atoms with E-state index in [1.165, 1.54) is 15.9 Å². The van der Waals surface area contributed by atoms with Crippen LogP contribution in [0.5, 0.6) is 0 Å². The number of anilines is 3. The number of halogens is 2. The highest BCUT2D eigenvalue weighted by molar-refractivity contribution is 5.96. The monoisotopic (exact) mass is 679 g/mol. The summed E-state index contributed by atoms with van der Waals surface area (Å²) in [5, 5.41) is 2.47. The summed E-state index contributed by atoms with van der Waals surface area (Å²) in [5.41, 5.74) is 10.3. The van der Waals surface area contributed by atoms with Crippen LogP contribution in [-0.2, 0) is 35.0 Å². The van der Waals surface area contributed by atoms with Crippen LogP contribution < -0.4 is 16.8 Å². The summed E-state index contributed by atoms with van der Waals surface area (Å²) in [7, 11) is 0. The minimum atomic E-state index is -0.891. The molecule has 0 spiro atoms. The summed E-state index contributed by atoms with van der Waals surface area (Å²) in [6.45, 7) is 11.8. The van der Waals surface area contributed by atoms with Crippen LogP contribution >= 0.6 is 0 Å². The quantitative estimate of drug-likeness (QED) is 0.418. The summed E-state index contributed by atoms with van der Waals surface area (Å²) in [4.78, 5) is 59.0. The van der Waals surface area contributed by atoms with Gasteiger partial charge in [-0.25, -0.2) is 28.3 Å². The number of nitrogens with two attached hydrogens (primary N) is 2. The number of hydrogen-bond acceptors (Lipinski definition) is 12. The van der Waals surface area contributed by atoms with Gasteiger partial charge in [-0.2, -0.15) is 0 Å². The summed E-state index contributed by atoms with van der Waals surface area (Å²) in [5.74, 6) is -1.83. The predicted octanol–water partition coefficient (Wildman–Crippen LogP) is 2.93. The summed E-state index contributed by atoms with van der Waals surface area (Å²) in [6, 6.07) is 2.23. The van der Waals surface area contributed by atoms with Crippen LogP contribution in [0.15, 0.2) is 24.5 Å². The van der Waals surface area contributed by atoms with Crippen molar-refractivity contribution in [3.8, 4) is 0 Å². The number of pyridine rings is 2. The molecule has 2 fully saturated rings. The third kappa shape index (κ3) is 11.9. The smallest absolute Gasteiger partial charge is 0.410 e. The van der Waals surface area contributed by atoms with Crippen molar-refractivity contribution in [1.82, 2.24) is 19.8 Å². The van der Waals surface area contributed by atoms with E-state index in [9.17, 15) is 28.0 Å². The Morgan fingerprint density at radius 2 is 1.35 bits per heavy atom. The van der Waals surface area contributed by atoms with Gasteiger partial charge >= 0.3 is 12.2 Å². The van der Waals surface area contributed by atoms with E-state index >= 15 is 0 Å². The first-order chi connectivity index (χ1) is 22.3. The first kappa shape index (κ1) is 37.8. The number of ether oxygens (including phenoxy) is 4. The van der Waals surface area contributed by atoms with Gasteiger partial charge in [-0.3, -0.25) is 9.59 Å². The van der Waals surface area contributed by atoms with E-state index in [2.05, 4.69) is 15.3 Å². The maximum Gasteiger partial charge on any atom is 0.410 e. The van der Waals surface area contributed by atoms with Crippen LogP contribution in [0.4, 0.5) is 35.7 Å². The summed E-state index contributed by atoms with van der Waals surface area (Å²) in [6.07, 6.45) is -0.862. The minimum Gasteiger partial charge on any atom is -0.444 e. The lowest BCUT2D eigenvalue weighted by Gasteiger charge is -2.33. The van der Waals surface area contributed by atoms with Crippen LogP contribution in [0.3, 0.4) is 0 Å². The number of carbonyl (C=O) groups is 4. The Hall–Kier alpha value is -4.64. The molecule has 0 aromatic carbocycles. The molecular formula is C31H43F2N7O8. The van der Waals surface area contributed by atoms with E-state index in [0.29, 0.717) is 18.7 Å². The van der Waals surface area contributed by atoms with Crippen molar-refractivity contribution in [2.24, 2.45) is 0 Å². The Morgan fingerprint density at radius 3 is 1.90 bits per heavy atom. The fourth-order valence-corrected chi connectivity index (χ4v) is 4.33. The molecule has 5 N–H and O–H groups in total. The zero-order chi connectivity index (χ0) is 35.8. The standard InChI is InChI=1S/C16H22FN3O4.C15H21FN4O4/c1-16(2,3)24-15(22)20-4-5-23-13(9-20)12(21)7-10-6-11(17)8-19-14(10)18;1-15(2,3)24-14(22)20-4-5-23-11(8-20)13(21)19-12-10(17)6-9(16)7-18-12/h6,8,13H,4-5,7,9H2,1-3H3,(H2,18,19);6-7,11H,4-5,8,17H2,1-3H3,(H,18,19,21). The molecule has 48 heavy (non-hydrogen) atoms. The molecule has 2 atom stereocenters. The number of amides is 3. The molecule has 2 aromatic rings. The van der Waals surface area contributed by atoms with E-state index in [1.54, 1.807) is 41.5 Å². The molecule has 0 saturated carbocycles. The largest absolute Gasteiger partial charge is 0.444 e. The molecule has 17 heteroatoms. The Bertz CT molecular complexity index is 1480. The Kier molecular flexibility index (Phi) is 12.6. The van der Waals surface area contributed by atoms with Gasteiger partial charge < -0.3 is 45.5 Å². The molecule has 2 aliphatic heterocycles. The normalized spacial score (nSPS) is 18.2. The van der Waals surface area contributed by atoms with E-state index < -0.39 is 53.1 Å². The number of nitrogens with one attached hydrogen (secondary N) is 1. The molecular weight excluding hydrogens is 636 g/mol. The van der Waals surface area contributed by atoms with Gasteiger partial charge in [0.05, 0.1) is 44.4 Å². The molecule has 4 heterocycles. The second-order valence-corrected chi connectivity index (χ2v) is 13.0. The highest BCUT2D eigenvalue weighted by Gasteiger charge is 2.33. The zero-order valence-corrected chi connectivity index (χ0v) is 27.9. The number of nitrogen functional groups attached to an aromatic ring is 2. The lowest BCUT2D eigenvalue weighted by molar-refractivity contribution is -0.135. The van der Waals surface area contributed by atoms with Gasteiger partial charge in [0, 0.05) is 31.1 Å². The molecule has 2 saturated heterocycles. The molecule has 0 radical (unpaired) electrons. The number of hydrogen-bond donors (Lipinski definition) is 3. The van der Waals surface area contributed by atoms with Gasteiger partial charge in [0.1, 0.15) is 34.8 Å². The van der Waals surface area contributed by atoms with Crippen molar-refractivity contribution in [3.05, 3.63) is 41.7 Å². The van der Waals surface area contributed by atoms with Crippen LogP contribution in [0.2, 0.25) is 0 Å². The first-order valence-electron chi connectivity index (χ1n) is 15.1. The predicted molar refractivity (Wildman–Crippen MR) is 170 cm³/mol. The van der Waals surface area contributed by atoms with Gasteiger partial charge in [0.25, 0.3) is 5.91 Å². The number of morpholine rings is 2. The molecule has 2 aliphatic rings. The zero-order valence-electron chi connectivity index (χ0n) is 27.9. The molecule has 2 aromatic heterocycles. The van der Waals surface area contributed by atoms with Crippen molar-refractivity contribution >= 4 is 41.2 Å². The second-order valence-electron chi connectivity index (χ2n) is 13.0. The van der Waals surface area contributed by atoms with Crippen LogP contribution in [0, 0.1) is 11.6 Å². The summed E-state index contributed by atoms with van der Waals surface area (Å²) >= 11 is 0. The van der Waals surface area contributed by atoms with Crippen LogP contribution in [0.1, 0.15) is 47.1 Å². The van der Waals surface area contributed by atoms with Gasteiger partial charge in [-0.05, 0) is 47.6 Å². The van der Waals surface area contributed by atoms with Gasteiger partial charge in [-0.1, -0.05) is 0 Å². The van der Waals surface area contributed by atoms with Crippen molar-refractivity contribution in [1.29, 1.82) is 0 Å². The van der Waals surface area contributed by atoms with Crippen molar-refractivity contribution < 1.29 is 46.9 Å². The maximum atomic E-state index is 13.2. The molecule has 3 amide bonds. The van der Waals surface area contributed by atoms with E-state index in [4.69, 9.17) is 30.4 Å². The topological polar surface area (TPSA) is 202 Å². The van der Waals surface area contributed by atoms with Crippen molar-refractivity contribution in [3.63, 3.8) is 0 Å². The van der Waals surface area contributed by atoms with Gasteiger partial charge in [0.15, 0.2) is 17.7 Å². The average Bonchev–Trinajstić information content (AvgIpc) is 2.99. The third-order valence-corrected chi connectivity index (χ3v) is 6.55. The highest BCUT2D eigenvalue weighted by Crippen LogP contribution is 2.19. The maximum absolute atomic E-state index is 13.2. The molecule has 264 valence electrons. The Balaban J connectivity index is 0.000000260. The number of ketones is 1. The fraction of sp³-hybridized carbons (Fsp3) is 0.548. The Labute approximate surface area is 277 Å². The van der Waals surface area contributed by atoms with E-state index in [0.717, 1.165) is 18.5 Å². The number of nitrogens with zero attached hydrogens (tertiary/aromatic N) is 4. The van der Waals surface area contributed by atoms with Crippen LogP contribution in [0.25, 0.3) is 0 Å². The molecule has 0 bridgehead atoms. The average molecular weight is 680 g/mol. The number of aromatic nitrogens is 2. The third-order valence-electron chi connectivity index (χ3n) is 6.55. The minimum absolute atomic E-state index is 0.00292. The highest BCUT2D eigenvalue weighted by atomic mass is 19.1. The van der Waals surface area contributed by atoms with Gasteiger partial charge in [-0.15, -0.1) is 0 Å². The lowest BCUT2D eigenvalue weighted by Crippen LogP contribution is -2.51. The summed E-state index contributed by atoms with van der Waals surface area (Å²) < 4.78 is 47.6. The molecule has 2 unspecified atom stereocenters.